The fraction of sp³-hybridized carbons (Fsp3) is 0.357. The number of ether oxygens (including phenoxy) is 1. The number of hydrogen-bond acceptors (Lipinski definition) is 4. The second-order valence-corrected chi connectivity index (χ2v) is 4.89. The molecule has 0 bridgehead atoms. The van der Waals surface area contributed by atoms with E-state index in [0.717, 1.165) is 11.3 Å². The van der Waals surface area contributed by atoms with E-state index >= 15 is 0 Å². The van der Waals surface area contributed by atoms with Crippen molar-refractivity contribution in [2.75, 3.05) is 6.61 Å². The Kier molecular flexibility index (Phi) is 2.81. The van der Waals surface area contributed by atoms with Gasteiger partial charge in [-0.2, -0.15) is 5.10 Å². The van der Waals surface area contributed by atoms with Crippen molar-refractivity contribution in [3.63, 3.8) is 0 Å². The van der Waals surface area contributed by atoms with Gasteiger partial charge in [0.2, 0.25) is 5.78 Å². The van der Waals surface area contributed by atoms with Gasteiger partial charge in [-0.3, -0.25) is 4.79 Å². The Hall–Kier alpha value is -2.17. The Labute approximate surface area is 111 Å². The Morgan fingerprint density at radius 1 is 1.42 bits per heavy atom. The van der Waals surface area contributed by atoms with Crippen LogP contribution in [-0.4, -0.2) is 27.2 Å². The van der Waals surface area contributed by atoms with E-state index in [0.29, 0.717) is 12.4 Å². The van der Waals surface area contributed by atoms with Gasteiger partial charge in [0, 0.05) is 11.6 Å². The molecule has 0 fully saturated rings. The van der Waals surface area contributed by atoms with Crippen LogP contribution in [0.25, 0.3) is 0 Å². The van der Waals surface area contributed by atoms with E-state index < -0.39 is 0 Å². The number of carbonyl (C=O) groups excluding carboxylic acids is 1. The summed E-state index contributed by atoms with van der Waals surface area (Å²) in [6, 6.07) is 7.75. The molecule has 1 aliphatic heterocycles. The van der Waals surface area contributed by atoms with Crippen LogP contribution in [-0.2, 0) is 0 Å². The van der Waals surface area contributed by atoms with Gasteiger partial charge in [0.1, 0.15) is 18.7 Å². The first-order valence-electron chi connectivity index (χ1n) is 6.34. The Morgan fingerprint density at radius 3 is 3.00 bits per heavy atom. The van der Waals surface area contributed by atoms with Crippen LogP contribution in [0, 0.1) is 0 Å². The van der Waals surface area contributed by atoms with Gasteiger partial charge in [-0.15, -0.1) is 0 Å². The number of hydrogen-bond donors (Lipinski definition) is 0. The monoisotopic (exact) mass is 257 g/mol. The molecule has 5 heteroatoms. The van der Waals surface area contributed by atoms with Crippen molar-refractivity contribution in [1.29, 1.82) is 0 Å². The standard InChI is InChI=1S/C14H15N3O2/c1-9(2)17-14(15-8-16-17)13(18)11-7-19-12-6-4-3-5-10(11)12/h3-6,8-9,11H,7H2,1-2H3. The molecule has 0 amide bonds. The summed E-state index contributed by atoms with van der Waals surface area (Å²) in [5.74, 6) is 0.880. The van der Waals surface area contributed by atoms with Crippen molar-refractivity contribution in [3.8, 4) is 5.75 Å². The SMILES string of the molecule is CC(C)n1ncnc1C(=O)C1COc2ccccc21. The third kappa shape index (κ3) is 1.91. The topological polar surface area (TPSA) is 57.0 Å². The van der Waals surface area contributed by atoms with Gasteiger partial charge in [0.15, 0.2) is 5.82 Å². The minimum atomic E-state index is -0.280. The van der Waals surface area contributed by atoms with E-state index in [1.54, 1.807) is 4.68 Å². The molecule has 0 saturated carbocycles. The second-order valence-electron chi connectivity index (χ2n) is 4.89. The number of rotatable bonds is 3. The van der Waals surface area contributed by atoms with Crippen LogP contribution in [0.15, 0.2) is 30.6 Å². The molecule has 2 heterocycles. The molecule has 0 spiro atoms. The van der Waals surface area contributed by atoms with Crippen LogP contribution in [0.1, 0.15) is 42.0 Å². The summed E-state index contributed by atoms with van der Waals surface area (Å²) in [5.41, 5.74) is 0.936. The molecule has 1 aromatic carbocycles. The van der Waals surface area contributed by atoms with Crippen LogP contribution in [0.4, 0.5) is 0 Å². The molecule has 1 aromatic heterocycles. The van der Waals surface area contributed by atoms with Gasteiger partial charge in [0.25, 0.3) is 0 Å². The van der Waals surface area contributed by atoms with E-state index in [9.17, 15) is 4.79 Å². The van der Waals surface area contributed by atoms with Gasteiger partial charge in [0.05, 0.1) is 5.92 Å². The number of carbonyl (C=O) groups is 1. The quantitative estimate of drug-likeness (QED) is 0.791. The van der Waals surface area contributed by atoms with Crippen molar-refractivity contribution in [2.24, 2.45) is 0 Å². The fourth-order valence-corrected chi connectivity index (χ4v) is 2.34. The zero-order valence-electron chi connectivity index (χ0n) is 10.9. The maximum atomic E-state index is 12.6. The first kappa shape index (κ1) is 11.9. The second kappa shape index (κ2) is 4.50. The van der Waals surface area contributed by atoms with E-state index in [1.165, 1.54) is 6.33 Å². The van der Waals surface area contributed by atoms with Crippen LogP contribution in [0.2, 0.25) is 0 Å². The van der Waals surface area contributed by atoms with Gasteiger partial charge < -0.3 is 4.74 Å². The normalized spacial score (nSPS) is 17.3. The van der Waals surface area contributed by atoms with Crippen LogP contribution >= 0.6 is 0 Å². The summed E-state index contributed by atoms with van der Waals surface area (Å²) >= 11 is 0. The highest BCUT2D eigenvalue weighted by Gasteiger charge is 2.33. The first-order chi connectivity index (χ1) is 9.18. The number of nitrogens with zero attached hydrogens (tertiary/aromatic N) is 3. The van der Waals surface area contributed by atoms with Crippen molar-refractivity contribution < 1.29 is 9.53 Å². The number of Topliss-reactive ketones (excluding diaryl/α,β-unsaturated/α-hetero) is 1. The third-order valence-corrected chi connectivity index (χ3v) is 3.30. The summed E-state index contributed by atoms with van der Waals surface area (Å²) in [6.45, 7) is 4.33. The number of fused-ring (bicyclic) bond motifs is 1. The molecule has 1 atom stereocenters. The smallest absolute Gasteiger partial charge is 0.210 e. The minimum Gasteiger partial charge on any atom is -0.492 e. The van der Waals surface area contributed by atoms with Gasteiger partial charge >= 0.3 is 0 Å². The maximum absolute atomic E-state index is 12.6. The molecular formula is C14H15N3O2. The predicted octanol–water partition coefficient (Wildman–Crippen LogP) is 2.22. The molecule has 0 saturated heterocycles. The van der Waals surface area contributed by atoms with Crippen molar-refractivity contribution in [2.45, 2.75) is 25.8 Å². The minimum absolute atomic E-state index is 0.0313. The highest BCUT2D eigenvalue weighted by atomic mass is 16.5. The molecular weight excluding hydrogens is 242 g/mol. The van der Waals surface area contributed by atoms with Gasteiger partial charge in [-0.1, -0.05) is 18.2 Å². The average Bonchev–Trinajstić information content (AvgIpc) is 3.05. The van der Waals surface area contributed by atoms with Crippen LogP contribution in [0.3, 0.4) is 0 Å². The number of benzene rings is 1. The summed E-state index contributed by atoms with van der Waals surface area (Å²) in [7, 11) is 0. The molecule has 0 aliphatic carbocycles. The van der Waals surface area contributed by atoms with Crippen molar-refractivity contribution >= 4 is 5.78 Å². The Balaban J connectivity index is 1.96. The highest BCUT2D eigenvalue weighted by molar-refractivity contribution is 5.99. The van der Waals surface area contributed by atoms with Crippen LogP contribution < -0.4 is 4.74 Å². The van der Waals surface area contributed by atoms with Crippen molar-refractivity contribution in [3.05, 3.63) is 42.0 Å². The number of para-hydroxylation sites is 1. The summed E-state index contributed by atoms with van der Waals surface area (Å²) in [6.07, 6.45) is 1.43. The molecule has 1 unspecified atom stereocenters. The lowest BCUT2D eigenvalue weighted by atomic mass is 9.96. The largest absolute Gasteiger partial charge is 0.492 e. The lowest BCUT2D eigenvalue weighted by Crippen LogP contribution is -2.20. The summed E-state index contributed by atoms with van der Waals surface area (Å²) in [5, 5.41) is 4.11. The van der Waals surface area contributed by atoms with Gasteiger partial charge in [-0.05, 0) is 19.9 Å². The lowest BCUT2D eigenvalue weighted by molar-refractivity contribution is 0.0929. The molecule has 0 N–H and O–H groups in total. The molecule has 0 radical (unpaired) electrons. The first-order valence-corrected chi connectivity index (χ1v) is 6.34. The van der Waals surface area contributed by atoms with Gasteiger partial charge in [-0.25, -0.2) is 9.67 Å². The predicted molar refractivity (Wildman–Crippen MR) is 69.4 cm³/mol. The molecule has 2 aromatic rings. The van der Waals surface area contributed by atoms with E-state index in [1.807, 2.05) is 38.1 Å². The Morgan fingerprint density at radius 2 is 2.21 bits per heavy atom. The van der Waals surface area contributed by atoms with E-state index in [4.69, 9.17) is 4.74 Å². The zero-order chi connectivity index (χ0) is 13.4. The van der Waals surface area contributed by atoms with Crippen molar-refractivity contribution in [1.82, 2.24) is 14.8 Å². The third-order valence-electron chi connectivity index (χ3n) is 3.30. The molecule has 3 rings (SSSR count). The lowest BCUT2D eigenvalue weighted by Gasteiger charge is -2.11. The molecule has 1 aliphatic rings. The number of aromatic nitrogens is 3. The molecule has 98 valence electrons. The fourth-order valence-electron chi connectivity index (χ4n) is 2.34. The Bertz CT molecular complexity index is 619. The number of ketones is 1. The summed E-state index contributed by atoms with van der Waals surface area (Å²) in [4.78, 5) is 16.7. The molecule has 19 heavy (non-hydrogen) atoms. The molecule has 5 nitrogen and oxygen atoms in total. The maximum Gasteiger partial charge on any atom is 0.210 e. The van der Waals surface area contributed by atoms with Crippen LogP contribution in [0.5, 0.6) is 5.75 Å². The summed E-state index contributed by atoms with van der Waals surface area (Å²) < 4.78 is 7.21. The zero-order valence-corrected chi connectivity index (χ0v) is 10.9. The average molecular weight is 257 g/mol. The highest BCUT2D eigenvalue weighted by Crippen LogP contribution is 2.35. The van der Waals surface area contributed by atoms with E-state index in [2.05, 4.69) is 10.1 Å². The van der Waals surface area contributed by atoms with E-state index in [-0.39, 0.29) is 17.7 Å².